The molecule has 162 valence electrons. The van der Waals surface area contributed by atoms with Crippen LogP contribution in [0.2, 0.25) is 0 Å². The van der Waals surface area contributed by atoms with Gasteiger partial charge in [-0.25, -0.2) is 4.79 Å². The molecule has 3 heterocycles. The zero-order chi connectivity index (χ0) is 21.6. The van der Waals surface area contributed by atoms with Crippen LogP contribution in [0.1, 0.15) is 44.9 Å². The normalized spacial score (nSPS) is 23.3. The Morgan fingerprint density at radius 2 is 1.94 bits per heavy atom. The number of amides is 4. The van der Waals surface area contributed by atoms with Gasteiger partial charge in [0, 0.05) is 24.2 Å². The summed E-state index contributed by atoms with van der Waals surface area (Å²) in [6.45, 7) is 2.36. The minimum absolute atomic E-state index is 0.164. The first kappa shape index (κ1) is 19.7. The van der Waals surface area contributed by atoms with E-state index in [2.05, 4.69) is 25.4 Å². The van der Waals surface area contributed by atoms with Crippen molar-refractivity contribution in [2.45, 2.75) is 57.5 Å². The molecule has 0 spiro atoms. The quantitative estimate of drug-likeness (QED) is 0.719. The molecule has 2 fully saturated rings. The highest BCUT2D eigenvalue weighted by atomic mass is 16.2. The van der Waals surface area contributed by atoms with E-state index in [-0.39, 0.29) is 18.4 Å². The number of nitrogens with one attached hydrogen (secondary N) is 2. The Hall–Kier alpha value is -3.23. The number of anilines is 1. The van der Waals surface area contributed by atoms with Gasteiger partial charge in [-0.05, 0) is 62.8 Å². The number of urea groups is 1. The summed E-state index contributed by atoms with van der Waals surface area (Å²) < 4.78 is 2.18. The van der Waals surface area contributed by atoms with Crippen molar-refractivity contribution in [3.05, 3.63) is 30.1 Å². The summed E-state index contributed by atoms with van der Waals surface area (Å²) in [5, 5.41) is 14.2. The second-order valence-electron chi connectivity index (χ2n) is 8.83. The van der Waals surface area contributed by atoms with Crippen LogP contribution in [0.25, 0.3) is 11.4 Å². The van der Waals surface area contributed by atoms with Crippen molar-refractivity contribution < 1.29 is 14.4 Å². The lowest BCUT2D eigenvalue weighted by Gasteiger charge is -2.20. The van der Waals surface area contributed by atoms with Crippen molar-refractivity contribution in [1.29, 1.82) is 0 Å². The first-order valence-electron chi connectivity index (χ1n) is 10.9. The average molecular weight is 422 g/mol. The number of aryl methyl sites for hydroxylation is 1. The number of rotatable bonds is 5. The minimum atomic E-state index is -0.880. The van der Waals surface area contributed by atoms with Gasteiger partial charge >= 0.3 is 6.03 Å². The van der Waals surface area contributed by atoms with E-state index in [0.29, 0.717) is 5.69 Å². The number of aromatic nitrogens is 3. The number of benzene rings is 1. The molecule has 1 aliphatic carbocycles. The van der Waals surface area contributed by atoms with Crippen LogP contribution in [0.5, 0.6) is 0 Å². The molecule has 1 saturated carbocycles. The second-order valence-corrected chi connectivity index (χ2v) is 8.83. The van der Waals surface area contributed by atoms with E-state index in [1.54, 1.807) is 19.1 Å². The Morgan fingerprint density at radius 1 is 1.16 bits per heavy atom. The van der Waals surface area contributed by atoms with Gasteiger partial charge in [-0.15, -0.1) is 10.2 Å². The third-order valence-electron chi connectivity index (χ3n) is 6.53. The zero-order valence-electron chi connectivity index (χ0n) is 17.6. The van der Waals surface area contributed by atoms with Gasteiger partial charge in [-0.3, -0.25) is 14.5 Å². The van der Waals surface area contributed by atoms with E-state index in [1.165, 1.54) is 6.42 Å². The van der Waals surface area contributed by atoms with Crippen LogP contribution in [0.4, 0.5) is 10.5 Å². The number of fused-ring (bicyclic) bond motifs is 1. The summed E-state index contributed by atoms with van der Waals surface area (Å²) in [6, 6.07) is 6.89. The Labute approximate surface area is 180 Å². The third kappa shape index (κ3) is 3.58. The standard InChI is InChI=1S/C22H26N6O3/c1-22(15-8-9-15)20(30)28(21(31)24-22)13-18(29)23-16-10-6-14(7-11-16)19-26-25-17-5-3-2-4-12-27(17)19/h6-7,10-11,15H,2-5,8-9,12-13H2,1H3,(H,23,29)(H,24,31). The summed E-state index contributed by atoms with van der Waals surface area (Å²) >= 11 is 0. The Balaban J connectivity index is 1.24. The maximum Gasteiger partial charge on any atom is 0.325 e. The molecule has 1 saturated heterocycles. The van der Waals surface area contributed by atoms with Gasteiger partial charge in [0.2, 0.25) is 5.91 Å². The predicted octanol–water partition coefficient (Wildman–Crippen LogP) is 2.33. The lowest BCUT2D eigenvalue weighted by molar-refractivity contribution is -0.134. The van der Waals surface area contributed by atoms with Crippen LogP contribution in [0.15, 0.2) is 24.3 Å². The van der Waals surface area contributed by atoms with Crippen molar-refractivity contribution >= 4 is 23.5 Å². The molecular formula is C22H26N6O3. The maximum atomic E-state index is 12.7. The Morgan fingerprint density at radius 3 is 2.68 bits per heavy atom. The van der Waals surface area contributed by atoms with Crippen LogP contribution in [-0.4, -0.2) is 49.6 Å². The molecule has 0 bridgehead atoms. The van der Waals surface area contributed by atoms with Gasteiger partial charge in [-0.2, -0.15) is 0 Å². The smallest absolute Gasteiger partial charge is 0.325 e. The van der Waals surface area contributed by atoms with E-state index in [4.69, 9.17) is 0 Å². The number of imide groups is 1. The number of nitrogens with zero attached hydrogens (tertiary/aromatic N) is 4. The maximum absolute atomic E-state index is 12.7. The lowest BCUT2D eigenvalue weighted by Crippen LogP contribution is -2.46. The molecule has 0 radical (unpaired) electrons. The van der Waals surface area contributed by atoms with Gasteiger partial charge in [0.05, 0.1) is 0 Å². The van der Waals surface area contributed by atoms with E-state index < -0.39 is 17.5 Å². The van der Waals surface area contributed by atoms with Crippen molar-refractivity contribution in [1.82, 2.24) is 25.0 Å². The molecule has 9 heteroatoms. The molecule has 9 nitrogen and oxygen atoms in total. The summed E-state index contributed by atoms with van der Waals surface area (Å²) in [4.78, 5) is 38.4. The molecule has 5 rings (SSSR count). The number of hydrogen-bond donors (Lipinski definition) is 2. The molecule has 1 aromatic heterocycles. The van der Waals surface area contributed by atoms with E-state index in [1.807, 2.05) is 12.1 Å². The number of carbonyl (C=O) groups excluding carboxylic acids is 3. The van der Waals surface area contributed by atoms with Gasteiger partial charge in [0.15, 0.2) is 5.82 Å². The Kier molecular flexibility index (Phi) is 4.75. The van der Waals surface area contributed by atoms with Crippen molar-refractivity contribution in [2.75, 3.05) is 11.9 Å². The molecule has 2 N–H and O–H groups in total. The SMILES string of the molecule is CC1(C2CC2)NC(=O)N(CC(=O)Nc2ccc(-c3nnc4n3CCCCC4)cc2)C1=O. The highest BCUT2D eigenvalue weighted by Gasteiger charge is 2.56. The fourth-order valence-electron chi connectivity index (χ4n) is 4.54. The topological polar surface area (TPSA) is 109 Å². The van der Waals surface area contributed by atoms with Crippen molar-refractivity contribution in [3.63, 3.8) is 0 Å². The number of carbonyl (C=O) groups is 3. The largest absolute Gasteiger partial charge is 0.325 e. The van der Waals surface area contributed by atoms with Gasteiger partial charge in [-0.1, -0.05) is 6.42 Å². The first-order chi connectivity index (χ1) is 15.0. The van der Waals surface area contributed by atoms with Gasteiger partial charge < -0.3 is 15.2 Å². The fraction of sp³-hybridized carbons (Fsp3) is 0.500. The van der Waals surface area contributed by atoms with Crippen LogP contribution >= 0.6 is 0 Å². The highest BCUT2D eigenvalue weighted by Crippen LogP contribution is 2.42. The van der Waals surface area contributed by atoms with Gasteiger partial charge in [0.25, 0.3) is 5.91 Å². The van der Waals surface area contributed by atoms with E-state index in [9.17, 15) is 14.4 Å². The molecule has 1 atom stereocenters. The van der Waals surface area contributed by atoms with Crippen LogP contribution in [-0.2, 0) is 22.6 Å². The molecule has 2 aromatic rings. The minimum Gasteiger partial charge on any atom is -0.325 e. The second kappa shape index (κ2) is 7.47. The molecular weight excluding hydrogens is 396 g/mol. The van der Waals surface area contributed by atoms with Crippen LogP contribution in [0, 0.1) is 5.92 Å². The molecule has 4 amide bonds. The Bertz CT molecular complexity index is 1040. The molecule has 1 aromatic carbocycles. The van der Waals surface area contributed by atoms with Crippen molar-refractivity contribution in [2.24, 2.45) is 5.92 Å². The predicted molar refractivity (Wildman–Crippen MR) is 113 cm³/mol. The molecule has 31 heavy (non-hydrogen) atoms. The summed E-state index contributed by atoms with van der Waals surface area (Å²) in [5.74, 6) is 1.30. The van der Waals surface area contributed by atoms with Gasteiger partial charge in [0.1, 0.15) is 17.9 Å². The molecule has 3 aliphatic rings. The lowest BCUT2D eigenvalue weighted by atomic mass is 9.96. The van der Waals surface area contributed by atoms with Crippen LogP contribution in [0.3, 0.4) is 0 Å². The van der Waals surface area contributed by atoms with Crippen LogP contribution < -0.4 is 10.6 Å². The number of hydrogen-bond acceptors (Lipinski definition) is 5. The monoisotopic (exact) mass is 422 g/mol. The van der Waals surface area contributed by atoms with Crippen molar-refractivity contribution in [3.8, 4) is 11.4 Å². The summed E-state index contributed by atoms with van der Waals surface area (Å²) in [7, 11) is 0. The summed E-state index contributed by atoms with van der Waals surface area (Å²) in [6.07, 6.45) is 6.25. The molecule has 1 unspecified atom stereocenters. The molecule has 2 aliphatic heterocycles. The zero-order valence-corrected chi connectivity index (χ0v) is 17.6. The first-order valence-corrected chi connectivity index (χ1v) is 10.9. The van der Waals surface area contributed by atoms with E-state index >= 15 is 0 Å². The summed E-state index contributed by atoms with van der Waals surface area (Å²) in [5.41, 5.74) is 0.657. The average Bonchev–Trinajstić information content (AvgIpc) is 3.54. The highest BCUT2D eigenvalue weighted by molar-refractivity contribution is 6.10. The fourth-order valence-corrected chi connectivity index (χ4v) is 4.54. The third-order valence-corrected chi connectivity index (χ3v) is 6.53. The van der Waals surface area contributed by atoms with E-state index in [0.717, 1.165) is 60.8 Å².